The minimum absolute atomic E-state index is 0.674. The maximum absolute atomic E-state index is 4.49. The lowest BCUT2D eigenvalue weighted by atomic mass is 9.97. The van der Waals surface area contributed by atoms with Crippen LogP contribution in [0.2, 0.25) is 0 Å². The van der Waals surface area contributed by atoms with E-state index in [0.717, 1.165) is 17.9 Å². The van der Waals surface area contributed by atoms with E-state index in [9.17, 15) is 0 Å². The summed E-state index contributed by atoms with van der Waals surface area (Å²) in [5.74, 6) is 1.54. The molecule has 1 aromatic heterocycles. The van der Waals surface area contributed by atoms with E-state index in [4.69, 9.17) is 0 Å². The van der Waals surface area contributed by atoms with Gasteiger partial charge >= 0.3 is 0 Å². The van der Waals surface area contributed by atoms with Crippen LogP contribution in [0.15, 0.2) is 12.1 Å². The predicted molar refractivity (Wildman–Crippen MR) is 67.6 cm³/mol. The summed E-state index contributed by atoms with van der Waals surface area (Å²) < 4.78 is 0. The fourth-order valence-corrected chi connectivity index (χ4v) is 1.92. The van der Waals surface area contributed by atoms with Gasteiger partial charge in [-0.25, -0.2) is 4.98 Å². The average molecular weight is 218 g/mol. The van der Waals surface area contributed by atoms with Gasteiger partial charge in [0.1, 0.15) is 5.82 Å². The van der Waals surface area contributed by atoms with Gasteiger partial charge in [-0.05, 0) is 31.3 Å². The Bertz CT molecular complexity index is 376. The first kappa shape index (κ1) is 10.9. The summed E-state index contributed by atoms with van der Waals surface area (Å²) in [6.45, 7) is 0. The van der Waals surface area contributed by atoms with E-state index in [1.54, 1.807) is 0 Å². The number of allylic oxidation sites excluding steroid dienone is 2. The molecule has 0 fully saturated rings. The third-order valence-corrected chi connectivity index (χ3v) is 2.83. The van der Waals surface area contributed by atoms with Gasteiger partial charge in [-0.15, -0.1) is 0 Å². The van der Waals surface area contributed by atoms with Crippen LogP contribution in [-0.2, 0) is 0 Å². The molecule has 0 unspecified atom stereocenters. The molecule has 0 atom stereocenters. The zero-order valence-electron chi connectivity index (χ0n) is 9.88. The Kier molecular flexibility index (Phi) is 3.39. The maximum atomic E-state index is 4.49. The summed E-state index contributed by atoms with van der Waals surface area (Å²) in [7, 11) is 3.72. The average Bonchev–Trinajstić information content (AvgIpc) is 2.39. The summed E-state index contributed by atoms with van der Waals surface area (Å²) in [4.78, 5) is 8.80. The fraction of sp³-hybridized carbons (Fsp3) is 0.500. The second-order valence-corrected chi connectivity index (χ2v) is 3.94. The van der Waals surface area contributed by atoms with Crippen molar-refractivity contribution < 1.29 is 0 Å². The van der Waals surface area contributed by atoms with E-state index in [1.807, 2.05) is 20.2 Å². The molecule has 4 nitrogen and oxygen atoms in total. The van der Waals surface area contributed by atoms with Gasteiger partial charge in [-0.2, -0.15) is 4.98 Å². The summed E-state index contributed by atoms with van der Waals surface area (Å²) in [5.41, 5.74) is 2.39. The Morgan fingerprint density at radius 3 is 2.62 bits per heavy atom. The molecule has 0 saturated carbocycles. The van der Waals surface area contributed by atoms with Crippen molar-refractivity contribution in [2.75, 3.05) is 24.7 Å². The molecule has 2 rings (SSSR count). The molecule has 1 aliphatic rings. The van der Waals surface area contributed by atoms with E-state index in [-0.39, 0.29) is 0 Å². The molecule has 0 bridgehead atoms. The zero-order chi connectivity index (χ0) is 11.4. The Morgan fingerprint density at radius 2 is 2.00 bits per heavy atom. The summed E-state index contributed by atoms with van der Waals surface area (Å²) >= 11 is 0. The monoisotopic (exact) mass is 218 g/mol. The van der Waals surface area contributed by atoms with Crippen molar-refractivity contribution in [3.63, 3.8) is 0 Å². The van der Waals surface area contributed by atoms with Gasteiger partial charge in [0.15, 0.2) is 0 Å². The number of hydrogen-bond donors (Lipinski definition) is 2. The largest absolute Gasteiger partial charge is 0.373 e. The molecule has 1 heterocycles. The fourth-order valence-electron chi connectivity index (χ4n) is 1.92. The summed E-state index contributed by atoms with van der Waals surface area (Å²) in [6, 6.07) is 2.01. The van der Waals surface area contributed by atoms with Gasteiger partial charge < -0.3 is 10.6 Å². The molecule has 0 aliphatic heterocycles. The van der Waals surface area contributed by atoms with Crippen molar-refractivity contribution in [3.8, 4) is 0 Å². The molecule has 2 N–H and O–H groups in total. The standard InChI is InChI=1S/C12H18N4/c1-13-11-8-10(15-12(14-2)16-11)9-6-4-3-5-7-9/h6,8H,3-5,7H2,1-2H3,(H2,13,14,15,16). The highest BCUT2D eigenvalue weighted by Crippen LogP contribution is 2.27. The first-order valence-corrected chi connectivity index (χ1v) is 5.77. The Hall–Kier alpha value is -1.58. The first-order chi connectivity index (χ1) is 7.83. The second-order valence-electron chi connectivity index (χ2n) is 3.94. The highest BCUT2D eigenvalue weighted by Gasteiger charge is 2.10. The summed E-state index contributed by atoms with van der Waals surface area (Å²) in [5, 5.41) is 6.05. The van der Waals surface area contributed by atoms with Crippen molar-refractivity contribution in [3.05, 3.63) is 17.8 Å². The molecule has 16 heavy (non-hydrogen) atoms. The molecular weight excluding hydrogens is 200 g/mol. The van der Waals surface area contributed by atoms with Gasteiger partial charge in [0.25, 0.3) is 0 Å². The number of nitrogens with one attached hydrogen (secondary N) is 2. The Morgan fingerprint density at radius 1 is 1.12 bits per heavy atom. The molecule has 1 aliphatic carbocycles. The summed E-state index contributed by atoms with van der Waals surface area (Å²) in [6.07, 6.45) is 7.16. The lowest BCUT2D eigenvalue weighted by Gasteiger charge is -2.13. The SMILES string of the molecule is CNc1cc(C2=CCCCC2)nc(NC)n1. The van der Waals surface area contributed by atoms with Crippen LogP contribution in [0.5, 0.6) is 0 Å². The molecule has 0 amide bonds. The molecule has 0 spiro atoms. The lowest BCUT2D eigenvalue weighted by Crippen LogP contribution is -2.04. The van der Waals surface area contributed by atoms with Crippen molar-refractivity contribution in [1.29, 1.82) is 0 Å². The molecule has 1 aromatic rings. The minimum Gasteiger partial charge on any atom is -0.373 e. The van der Waals surface area contributed by atoms with Gasteiger partial charge in [0, 0.05) is 20.2 Å². The van der Waals surface area contributed by atoms with Crippen molar-refractivity contribution in [2.45, 2.75) is 25.7 Å². The van der Waals surface area contributed by atoms with Crippen molar-refractivity contribution in [2.24, 2.45) is 0 Å². The molecule has 86 valence electrons. The van der Waals surface area contributed by atoms with Crippen LogP contribution >= 0.6 is 0 Å². The van der Waals surface area contributed by atoms with Crippen LogP contribution < -0.4 is 10.6 Å². The van der Waals surface area contributed by atoms with E-state index < -0.39 is 0 Å². The van der Waals surface area contributed by atoms with Gasteiger partial charge in [0.2, 0.25) is 5.95 Å². The highest BCUT2D eigenvalue weighted by atomic mass is 15.1. The van der Waals surface area contributed by atoms with Crippen LogP contribution in [0.25, 0.3) is 5.57 Å². The van der Waals surface area contributed by atoms with E-state index in [0.29, 0.717) is 5.95 Å². The van der Waals surface area contributed by atoms with Crippen LogP contribution in [0.4, 0.5) is 11.8 Å². The smallest absolute Gasteiger partial charge is 0.224 e. The minimum atomic E-state index is 0.674. The number of aromatic nitrogens is 2. The zero-order valence-corrected chi connectivity index (χ0v) is 9.88. The highest BCUT2D eigenvalue weighted by molar-refractivity contribution is 5.66. The maximum Gasteiger partial charge on any atom is 0.224 e. The number of rotatable bonds is 3. The predicted octanol–water partition coefficient (Wildman–Crippen LogP) is 2.52. The van der Waals surface area contributed by atoms with Crippen LogP contribution in [-0.4, -0.2) is 24.1 Å². The molecule has 0 radical (unpaired) electrons. The number of nitrogens with zero attached hydrogens (tertiary/aromatic N) is 2. The molecule has 0 saturated heterocycles. The van der Waals surface area contributed by atoms with Crippen LogP contribution in [0, 0.1) is 0 Å². The normalized spacial score (nSPS) is 15.5. The first-order valence-electron chi connectivity index (χ1n) is 5.77. The third kappa shape index (κ3) is 2.32. The number of anilines is 2. The Labute approximate surface area is 96.2 Å². The topological polar surface area (TPSA) is 49.8 Å². The Balaban J connectivity index is 2.35. The van der Waals surface area contributed by atoms with Gasteiger partial charge in [-0.1, -0.05) is 6.08 Å². The molecular formula is C12H18N4. The van der Waals surface area contributed by atoms with E-state index in [1.165, 1.54) is 24.8 Å². The van der Waals surface area contributed by atoms with E-state index >= 15 is 0 Å². The third-order valence-electron chi connectivity index (χ3n) is 2.83. The molecule has 0 aromatic carbocycles. The van der Waals surface area contributed by atoms with Gasteiger partial charge in [0.05, 0.1) is 5.69 Å². The van der Waals surface area contributed by atoms with Crippen molar-refractivity contribution >= 4 is 17.3 Å². The number of hydrogen-bond acceptors (Lipinski definition) is 4. The quantitative estimate of drug-likeness (QED) is 0.818. The molecule has 4 heteroatoms. The van der Waals surface area contributed by atoms with Crippen molar-refractivity contribution in [1.82, 2.24) is 9.97 Å². The lowest BCUT2D eigenvalue weighted by molar-refractivity contribution is 0.739. The van der Waals surface area contributed by atoms with E-state index in [2.05, 4.69) is 26.7 Å². The van der Waals surface area contributed by atoms with Crippen LogP contribution in [0.3, 0.4) is 0 Å². The van der Waals surface area contributed by atoms with Gasteiger partial charge in [-0.3, -0.25) is 0 Å². The van der Waals surface area contributed by atoms with Crippen LogP contribution in [0.1, 0.15) is 31.4 Å². The second kappa shape index (κ2) is 4.96.